The Morgan fingerprint density at radius 1 is 0.739 bits per heavy atom. The zero-order valence-electron chi connectivity index (χ0n) is 12.3. The predicted octanol–water partition coefficient (Wildman–Crippen LogP) is 4.70. The molecule has 5 aromatic rings. The number of fused-ring (bicyclic) bond motifs is 5. The topological polar surface area (TPSA) is 30.2 Å². The highest BCUT2D eigenvalue weighted by Crippen LogP contribution is 2.30. The Morgan fingerprint density at radius 3 is 2.48 bits per heavy atom. The van der Waals surface area contributed by atoms with Gasteiger partial charge in [-0.05, 0) is 35.9 Å². The Morgan fingerprint density at radius 2 is 1.57 bits per heavy atom. The molecule has 3 aromatic heterocycles. The van der Waals surface area contributed by atoms with E-state index in [0.29, 0.717) is 0 Å². The van der Waals surface area contributed by atoms with Crippen molar-refractivity contribution in [2.24, 2.45) is 0 Å². The predicted molar refractivity (Wildman–Crippen MR) is 93.4 cm³/mol. The Bertz CT molecular complexity index is 1160. The molecule has 0 saturated heterocycles. The van der Waals surface area contributed by atoms with E-state index in [0.717, 1.165) is 38.8 Å². The molecule has 0 saturated carbocycles. The fraction of sp³-hybridized carbons (Fsp3) is 0. The van der Waals surface area contributed by atoms with Crippen LogP contribution in [-0.4, -0.2) is 14.4 Å². The third-order valence-corrected chi connectivity index (χ3v) is 4.22. The van der Waals surface area contributed by atoms with Crippen LogP contribution in [0.3, 0.4) is 0 Å². The maximum Gasteiger partial charge on any atom is 0.147 e. The van der Waals surface area contributed by atoms with Gasteiger partial charge in [0.2, 0.25) is 0 Å². The van der Waals surface area contributed by atoms with Gasteiger partial charge in [0, 0.05) is 11.6 Å². The number of hydrogen-bond acceptors (Lipinski definition) is 2. The summed E-state index contributed by atoms with van der Waals surface area (Å²) in [6, 6.07) is 24.8. The molecule has 0 aliphatic rings. The molecule has 23 heavy (non-hydrogen) atoms. The summed E-state index contributed by atoms with van der Waals surface area (Å²) in [5, 5.41) is 1.07. The first-order valence-electron chi connectivity index (χ1n) is 7.62. The summed E-state index contributed by atoms with van der Waals surface area (Å²) >= 11 is 0. The molecule has 2 aromatic carbocycles. The van der Waals surface area contributed by atoms with Gasteiger partial charge in [0.25, 0.3) is 0 Å². The Labute approximate surface area is 132 Å². The van der Waals surface area contributed by atoms with Gasteiger partial charge < -0.3 is 0 Å². The number of imidazole rings is 1. The fourth-order valence-electron chi connectivity index (χ4n) is 3.19. The minimum Gasteiger partial charge on any atom is -0.292 e. The van der Waals surface area contributed by atoms with Gasteiger partial charge in [-0.15, -0.1) is 0 Å². The van der Waals surface area contributed by atoms with Crippen molar-refractivity contribution in [2.45, 2.75) is 0 Å². The molecule has 3 heteroatoms. The number of benzene rings is 2. The van der Waals surface area contributed by atoms with Crippen LogP contribution < -0.4 is 0 Å². The van der Waals surface area contributed by atoms with Gasteiger partial charge in [-0.2, -0.15) is 0 Å². The molecule has 108 valence electrons. The van der Waals surface area contributed by atoms with E-state index in [1.54, 1.807) is 0 Å². The Kier molecular flexibility index (Phi) is 2.50. The van der Waals surface area contributed by atoms with Crippen LogP contribution in [0.5, 0.6) is 0 Å². The molecular formula is C20H13N3. The van der Waals surface area contributed by atoms with Crippen LogP contribution in [0.1, 0.15) is 0 Å². The second-order valence-electron chi connectivity index (χ2n) is 5.59. The first-order valence-corrected chi connectivity index (χ1v) is 7.62. The quantitative estimate of drug-likeness (QED) is 0.448. The largest absolute Gasteiger partial charge is 0.292 e. The number of pyridine rings is 2. The summed E-state index contributed by atoms with van der Waals surface area (Å²) in [6.45, 7) is 0. The van der Waals surface area contributed by atoms with E-state index in [4.69, 9.17) is 4.98 Å². The van der Waals surface area contributed by atoms with Gasteiger partial charge in [-0.3, -0.25) is 9.38 Å². The number of rotatable bonds is 1. The number of hydrogen-bond donors (Lipinski definition) is 0. The summed E-state index contributed by atoms with van der Waals surface area (Å²) in [7, 11) is 0. The third-order valence-electron chi connectivity index (χ3n) is 4.22. The van der Waals surface area contributed by atoms with Crippen molar-refractivity contribution in [3.05, 3.63) is 79.0 Å². The van der Waals surface area contributed by atoms with E-state index < -0.39 is 0 Å². The summed E-state index contributed by atoms with van der Waals surface area (Å²) in [5.74, 6) is 0. The molecule has 3 nitrogen and oxygen atoms in total. The average Bonchev–Trinajstić information content (AvgIpc) is 3.02. The molecule has 0 bridgehead atoms. The molecule has 5 rings (SSSR count). The molecule has 0 N–H and O–H groups in total. The Balaban J connectivity index is 2.06. The number of nitrogens with zero attached hydrogens (tertiary/aromatic N) is 3. The van der Waals surface area contributed by atoms with Crippen molar-refractivity contribution in [1.82, 2.24) is 14.4 Å². The van der Waals surface area contributed by atoms with Gasteiger partial charge in [-0.1, -0.05) is 42.5 Å². The van der Waals surface area contributed by atoms with Gasteiger partial charge >= 0.3 is 0 Å². The second-order valence-corrected chi connectivity index (χ2v) is 5.59. The van der Waals surface area contributed by atoms with Crippen LogP contribution in [0.25, 0.3) is 38.8 Å². The summed E-state index contributed by atoms with van der Waals surface area (Å²) in [4.78, 5) is 9.39. The van der Waals surface area contributed by atoms with E-state index in [9.17, 15) is 0 Å². The highest BCUT2D eigenvalue weighted by Gasteiger charge is 2.13. The smallest absolute Gasteiger partial charge is 0.147 e. The van der Waals surface area contributed by atoms with E-state index in [2.05, 4.69) is 64.0 Å². The molecule has 0 spiro atoms. The normalized spacial score (nSPS) is 11.5. The van der Waals surface area contributed by atoms with Crippen molar-refractivity contribution >= 4 is 27.6 Å². The minimum atomic E-state index is 0.954. The van der Waals surface area contributed by atoms with Gasteiger partial charge in [0.15, 0.2) is 0 Å². The van der Waals surface area contributed by atoms with Gasteiger partial charge in [-0.25, -0.2) is 4.98 Å². The van der Waals surface area contributed by atoms with Crippen LogP contribution in [0.4, 0.5) is 0 Å². The van der Waals surface area contributed by atoms with E-state index in [1.165, 1.54) is 0 Å². The maximum absolute atomic E-state index is 4.85. The van der Waals surface area contributed by atoms with Crippen LogP contribution in [-0.2, 0) is 0 Å². The molecule has 0 unspecified atom stereocenters. The second kappa shape index (κ2) is 4.65. The van der Waals surface area contributed by atoms with Crippen molar-refractivity contribution in [3.8, 4) is 11.3 Å². The highest BCUT2D eigenvalue weighted by molar-refractivity contribution is 5.99. The van der Waals surface area contributed by atoms with Crippen LogP contribution in [0, 0.1) is 0 Å². The lowest BCUT2D eigenvalue weighted by atomic mass is 10.1. The average molecular weight is 295 g/mol. The monoisotopic (exact) mass is 295 g/mol. The standard InChI is InChI=1S/C20H13N3/c1-2-7-14(8-3-1)19-13-17-15(9-6-12-21-17)20-22-16-10-4-5-11-18(16)23(19)20/h1-13H. The van der Waals surface area contributed by atoms with Gasteiger partial charge in [0.1, 0.15) is 5.65 Å². The van der Waals surface area contributed by atoms with Crippen molar-refractivity contribution < 1.29 is 0 Å². The molecule has 0 amide bonds. The van der Waals surface area contributed by atoms with Crippen molar-refractivity contribution in [2.75, 3.05) is 0 Å². The zero-order chi connectivity index (χ0) is 15.2. The summed E-state index contributed by atoms with van der Waals surface area (Å²) < 4.78 is 2.23. The molecular weight excluding hydrogens is 282 g/mol. The number of para-hydroxylation sites is 2. The van der Waals surface area contributed by atoms with E-state index in [1.807, 2.05) is 24.4 Å². The van der Waals surface area contributed by atoms with Gasteiger partial charge in [0.05, 0.1) is 22.2 Å². The van der Waals surface area contributed by atoms with E-state index in [-0.39, 0.29) is 0 Å². The third kappa shape index (κ3) is 1.77. The van der Waals surface area contributed by atoms with Crippen molar-refractivity contribution in [3.63, 3.8) is 0 Å². The maximum atomic E-state index is 4.85. The highest BCUT2D eigenvalue weighted by atomic mass is 15.0. The molecule has 0 atom stereocenters. The summed E-state index contributed by atoms with van der Waals surface area (Å²) in [5.41, 5.74) is 6.31. The fourth-order valence-corrected chi connectivity index (χ4v) is 3.19. The first kappa shape index (κ1) is 12.4. The Hall–Kier alpha value is -3.20. The van der Waals surface area contributed by atoms with Crippen LogP contribution in [0.2, 0.25) is 0 Å². The van der Waals surface area contributed by atoms with Crippen LogP contribution >= 0.6 is 0 Å². The van der Waals surface area contributed by atoms with Crippen molar-refractivity contribution in [1.29, 1.82) is 0 Å². The zero-order valence-corrected chi connectivity index (χ0v) is 12.3. The van der Waals surface area contributed by atoms with E-state index >= 15 is 0 Å². The molecule has 3 heterocycles. The summed E-state index contributed by atoms with van der Waals surface area (Å²) in [6.07, 6.45) is 1.83. The lowest BCUT2D eigenvalue weighted by molar-refractivity contribution is 1.24. The molecule has 0 aliphatic heterocycles. The number of aromatic nitrogens is 3. The molecule has 0 fully saturated rings. The first-order chi connectivity index (χ1) is 11.4. The lowest BCUT2D eigenvalue weighted by Crippen LogP contribution is -1.94. The molecule has 0 radical (unpaired) electrons. The lowest BCUT2D eigenvalue weighted by Gasteiger charge is -2.09. The molecule has 0 aliphatic carbocycles. The minimum absolute atomic E-state index is 0.954. The SMILES string of the molecule is c1ccc(-c2cc3ncccc3c3nc4ccccc4n23)cc1. The van der Waals surface area contributed by atoms with Crippen LogP contribution in [0.15, 0.2) is 79.0 Å².